The third kappa shape index (κ3) is 2.81. The lowest BCUT2D eigenvalue weighted by Crippen LogP contribution is -2.15. The molecule has 0 atom stereocenters. The first-order chi connectivity index (χ1) is 9.13. The molecule has 0 saturated heterocycles. The number of nitrogens with one attached hydrogen (secondary N) is 1. The SMILES string of the molecule is Cn1cc(C#N)cc1C(=O)Nc1cccc(CO)c1. The van der Waals surface area contributed by atoms with Crippen molar-refractivity contribution >= 4 is 11.6 Å². The third-order valence-corrected chi connectivity index (χ3v) is 2.73. The zero-order chi connectivity index (χ0) is 13.8. The highest BCUT2D eigenvalue weighted by molar-refractivity contribution is 6.03. The van der Waals surface area contributed by atoms with Crippen molar-refractivity contribution in [3.63, 3.8) is 0 Å². The van der Waals surface area contributed by atoms with E-state index in [-0.39, 0.29) is 12.5 Å². The number of aryl methyl sites for hydroxylation is 1. The lowest BCUT2D eigenvalue weighted by Gasteiger charge is -2.07. The number of aliphatic hydroxyl groups is 1. The molecule has 2 aromatic rings. The molecule has 2 N–H and O–H groups in total. The molecule has 0 radical (unpaired) electrons. The van der Waals surface area contributed by atoms with Gasteiger partial charge in [0, 0.05) is 18.9 Å². The van der Waals surface area contributed by atoms with Crippen LogP contribution in [-0.2, 0) is 13.7 Å². The Kier molecular flexibility index (Phi) is 3.64. The number of anilines is 1. The first-order valence-corrected chi connectivity index (χ1v) is 5.71. The van der Waals surface area contributed by atoms with Gasteiger partial charge in [-0.3, -0.25) is 4.79 Å². The summed E-state index contributed by atoms with van der Waals surface area (Å²) < 4.78 is 1.60. The topological polar surface area (TPSA) is 78.0 Å². The zero-order valence-electron chi connectivity index (χ0n) is 10.4. The van der Waals surface area contributed by atoms with Gasteiger partial charge >= 0.3 is 0 Å². The Labute approximate surface area is 110 Å². The number of hydrogen-bond acceptors (Lipinski definition) is 3. The quantitative estimate of drug-likeness (QED) is 0.875. The average Bonchev–Trinajstić information content (AvgIpc) is 2.80. The number of nitrogens with zero attached hydrogens (tertiary/aromatic N) is 2. The summed E-state index contributed by atoms with van der Waals surface area (Å²) in [6, 6.07) is 10.5. The average molecular weight is 255 g/mol. The summed E-state index contributed by atoms with van der Waals surface area (Å²) in [5, 5.41) is 20.6. The fraction of sp³-hybridized carbons (Fsp3) is 0.143. The summed E-state index contributed by atoms with van der Waals surface area (Å²) in [7, 11) is 1.71. The van der Waals surface area contributed by atoms with E-state index in [1.807, 2.05) is 6.07 Å². The van der Waals surface area contributed by atoms with E-state index in [0.29, 0.717) is 16.9 Å². The standard InChI is InChI=1S/C14H13N3O2/c1-17-8-11(7-15)6-13(17)14(19)16-12-4-2-3-10(5-12)9-18/h2-6,8,18H,9H2,1H3,(H,16,19). The summed E-state index contributed by atoms with van der Waals surface area (Å²) in [6.45, 7) is -0.0769. The number of aromatic nitrogens is 1. The number of rotatable bonds is 3. The van der Waals surface area contributed by atoms with Crippen LogP contribution in [0.5, 0.6) is 0 Å². The van der Waals surface area contributed by atoms with Crippen LogP contribution >= 0.6 is 0 Å². The maximum atomic E-state index is 12.1. The molecule has 0 spiro atoms. The summed E-state index contributed by atoms with van der Waals surface area (Å²) in [5.74, 6) is -0.293. The molecule has 5 nitrogen and oxygen atoms in total. The second-order valence-electron chi connectivity index (χ2n) is 4.15. The summed E-state index contributed by atoms with van der Waals surface area (Å²) in [6.07, 6.45) is 1.60. The second kappa shape index (κ2) is 5.38. The van der Waals surface area contributed by atoms with Gasteiger partial charge in [-0.25, -0.2) is 0 Å². The van der Waals surface area contributed by atoms with Gasteiger partial charge in [0.25, 0.3) is 5.91 Å². The van der Waals surface area contributed by atoms with Crippen molar-refractivity contribution in [3.05, 3.63) is 53.3 Å². The Morgan fingerprint density at radius 2 is 2.26 bits per heavy atom. The van der Waals surface area contributed by atoms with Crippen LogP contribution in [0, 0.1) is 11.3 Å². The molecule has 96 valence electrons. The minimum atomic E-state index is -0.293. The number of carbonyl (C=O) groups is 1. The van der Waals surface area contributed by atoms with Crippen LogP contribution in [0.1, 0.15) is 21.6 Å². The van der Waals surface area contributed by atoms with E-state index >= 15 is 0 Å². The van der Waals surface area contributed by atoms with Crippen molar-refractivity contribution in [1.82, 2.24) is 4.57 Å². The molecule has 0 aliphatic rings. The molecule has 5 heteroatoms. The molecule has 0 fully saturated rings. The second-order valence-corrected chi connectivity index (χ2v) is 4.15. The maximum absolute atomic E-state index is 12.1. The number of benzene rings is 1. The van der Waals surface area contributed by atoms with Crippen LogP contribution < -0.4 is 5.32 Å². The number of hydrogen-bond donors (Lipinski definition) is 2. The summed E-state index contributed by atoms with van der Waals surface area (Å²) in [5.41, 5.74) is 2.18. The van der Waals surface area contributed by atoms with E-state index in [4.69, 9.17) is 10.4 Å². The molecule has 1 heterocycles. The molecular formula is C14H13N3O2. The molecule has 0 bridgehead atoms. The van der Waals surface area contributed by atoms with Gasteiger partial charge in [-0.2, -0.15) is 5.26 Å². The highest BCUT2D eigenvalue weighted by Gasteiger charge is 2.12. The van der Waals surface area contributed by atoms with E-state index in [0.717, 1.165) is 5.56 Å². The van der Waals surface area contributed by atoms with Crippen LogP contribution in [0.4, 0.5) is 5.69 Å². The van der Waals surface area contributed by atoms with Crippen LogP contribution in [0.15, 0.2) is 36.5 Å². The van der Waals surface area contributed by atoms with Crippen molar-refractivity contribution in [2.45, 2.75) is 6.61 Å². The Morgan fingerprint density at radius 3 is 2.89 bits per heavy atom. The number of aliphatic hydroxyl groups excluding tert-OH is 1. The molecule has 0 unspecified atom stereocenters. The third-order valence-electron chi connectivity index (χ3n) is 2.73. The van der Waals surface area contributed by atoms with Crippen LogP contribution in [0.25, 0.3) is 0 Å². The molecule has 2 rings (SSSR count). The van der Waals surface area contributed by atoms with Gasteiger partial charge in [0.1, 0.15) is 11.8 Å². The van der Waals surface area contributed by atoms with Crippen molar-refractivity contribution < 1.29 is 9.90 Å². The molecular weight excluding hydrogens is 242 g/mol. The van der Waals surface area contributed by atoms with E-state index in [2.05, 4.69) is 5.32 Å². The van der Waals surface area contributed by atoms with Crippen molar-refractivity contribution in [2.75, 3.05) is 5.32 Å². The van der Waals surface area contributed by atoms with Gasteiger partial charge in [-0.05, 0) is 23.8 Å². The van der Waals surface area contributed by atoms with Crippen molar-refractivity contribution in [3.8, 4) is 6.07 Å². The highest BCUT2D eigenvalue weighted by Crippen LogP contribution is 2.13. The van der Waals surface area contributed by atoms with Gasteiger partial charge in [-0.1, -0.05) is 12.1 Å². The van der Waals surface area contributed by atoms with E-state index in [1.165, 1.54) is 6.07 Å². The normalized spacial score (nSPS) is 9.95. The number of amides is 1. The number of nitriles is 1. The minimum absolute atomic E-state index is 0.0769. The molecule has 19 heavy (non-hydrogen) atoms. The maximum Gasteiger partial charge on any atom is 0.272 e. The fourth-order valence-electron chi connectivity index (χ4n) is 1.79. The van der Waals surface area contributed by atoms with Crippen molar-refractivity contribution in [2.24, 2.45) is 7.05 Å². The van der Waals surface area contributed by atoms with E-state index in [1.54, 1.807) is 42.1 Å². The van der Waals surface area contributed by atoms with Crippen LogP contribution in [-0.4, -0.2) is 15.6 Å². The van der Waals surface area contributed by atoms with E-state index < -0.39 is 0 Å². The van der Waals surface area contributed by atoms with Gasteiger partial charge < -0.3 is 15.0 Å². The first-order valence-electron chi connectivity index (χ1n) is 5.71. The van der Waals surface area contributed by atoms with Crippen molar-refractivity contribution in [1.29, 1.82) is 5.26 Å². The molecule has 0 aliphatic carbocycles. The summed E-state index contributed by atoms with van der Waals surface area (Å²) >= 11 is 0. The largest absolute Gasteiger partial charge is 0.392 e. The van der Waals surface area contributed by atoms with Crippen LogP contribution in [0.3, 0.4) is 0 Å². The van der Waals surface area contributed by atoms with Gasteiger partial charge in [0.15, 0.2) is 0 Å². The number of carbonyl (C=O) groups excluding carboxylic acids is 1. The zero-order valence-corrected chi connectivity index (χ0v) is 10.4. The fourth-order valence-corrected chi connectivity index (χ4v) is 1.79. The summed E-state index contributed by atoms with van der Waals surface area (Å²) in [4.78, 5) is 12.1. The molecule has 0 aliphatic heterocycles. The van der Waals surface area contributed by atoms with E-state index in [9.17, 15) is 4.79 Å². The monoisotopic (exact) mass is 255 g/mol. The van der Waals surface area contributed by atoms with Gasteiger partial charge in [0.2, 0.25) is 0 Å². The van der Waals surface area contributed by atoms with Crippen LogP contribution in [0.2, 0.25) is 0 Å². The predicted molar refractivity (Wildman–Crippen MR) is 70.4 cm³/mol. The minimum Gasteiger partial charge on any atom is -0.392 e. The Morgan fingerprint density at radius 1 is 1.47 bits per heavy atom. The molecule has 1 aromatic heterocycles. The Balaban J connectivity index is 2.20. The lowest BCUT2D eigenvalue weighted by atomic mass is 10.2. The smallest absolute Gasteiger partial charge is 0.272 e. The molecule has 0 saturated carbocycles. The lowest BCUT2D eigenvalue weighted by molar-refractivity contribution is 0.101. The Bertz CT molecular complexity index is 653. The highest BCUT2D eigenvalue weighted by atomic mass is 16.3. The first kappa shape index (κ1) is 12.9. The molecule has 1 aromatic carbocycles. The molecule has 1 amide bonds. The van der Waals surface area contributed by atoms with Gasteiger partial charge in [0.05, 0.1) is 12.2 Å². The predicted octanol–water partition coefficient (Wildman–Crippen LogP) is 1.64. The van der Waals surface area contributed by atoms with Gasteiger partial charge in [-0.15, -0.1) is 0 Å². The Hall–Kier alpha value is -2.58.